The lowest BCUT2D eigenvalue weighted by Gasteiger charge is -1.99. The van der Waals surface area contributed by atoms with Crippen LogP contribution in [0.1, 0.15) is 39.0 Å². The molecule has 0 aromatic carbocycles. The molecule has 2 heteroatoms. The second-order valence-corrected chi connectivity index (χ2v) is 2.56. The van der Waals surface area contributed by atoms with Gasteiger partial charge in [-0.15, -0.1) is 12.4 Å². The summed E-state index contributed by atoms with van der Waals surface area (Å²) in [6.07, 6.45) is 7.43. The molecule has 1 nitrogen and oxygen atoms in total. The van der Waals surface area contributed by atoms with Crippen molar-refractivity contribution < 1.29 is 5.11 Å². The van der Waals surface area contributed by atoms with E-state index in [0.717, 1.165) is 13.0 Å². The van der Waals surface area contributed by atoms with E-state index in [1.807, 2.05) is 0 Å². The van der Waals surface area contributed by atoms with Crippen LogP contribution >= 0.6 is 12.4 Å². The van der Waals surface area contributed by atoms with E-state index in [1.165, 1.54) is 32.1 Å². The Hall–Kier alpha value is 0.250. The molecule has 0 atom stereocenters. The first-order chi connectivity index (χ1) is 4.43. The van der Waals surface area contributed by atoms with Gasteiger partial charge in [0.25, 0.3) is 0 Å². The second-order valence-electron chi connectivity index (χ2n) is 2.56. The van der Waals surface area contributed by atoms with E-state index in [1.54, 1.807) is 0 Å². The Kier molecular flexibility index (Phi) is 11.9. The molecule has 0 heterocycles. The summed E-state index contributed by atoms with van der Waals surface area (Å²) in [6, 6.07) is 0. The summed E-state index contributed by atoms with van der Waals surface area (Å²) in [6.45, 7) is 2.30. The Morgan fingerprint density at radius 3 is 1.80 bits per heavy atom. The molecule has 0 aliphatic heterocycles. The molecule has 10 heavy (non-hydrogen) atoms. The average molecular weight is 167 g/mol. The Balaban J connectivity index is 0. The molecular formula is C8H19ClO. The van der Waals surface area contributed by atoms with E-state index >= 15 is 0 Å². The minimum atomic E-state index is 0. The molecule has 1 aliphatic carbocycles. The van der Waals surface area contributed by atoms with E-state index in [-0.39, 0.29) is 12.4 Å². The van der Waals surface area contributed by atoms with Gasteiger partial charge in [-0.25, -0.2) is 0 Å². The van der Waals surface area contributed by atoms with Gasteiger partial charge in [0.2, 0.25) is 0 Å². The number of halogens is 1. The van der Waals surface area contributed by atoms with Crippen LogP contribution in [0.4, 0.5) is 0 Å². The van der Waals surface area contributed by atoms with Crippen molar-refractivity contribution in [2.24, 2.45) is 5.92 Å². The van der Waals surface area contributed by atoms with Crippen LogP contribution in [0, 0.1) is 5.92 Å². The first kappa shape index (κ1) is 12.9. The molecule has 0 aromatic heterocycles. The molecule has 1 saturated carbocycles. The van der Waals surface area contributed by atoms with Crippen LogP contribution in [0.15, 0.2) is 0 Å². The summed E-state index contributed by atoms with van der Waals surface area (Å²) in [5.41, 5.74) is 0. The van der Waals surface area contributed by atoms with Gasteiger partial charge in [0.05, 0.1) is 0 Å². The third-order valence-electron chi connectivity index (χ3n) is 2.05. The predicted octanol–water partition coefficient (Wildman–Crippen LogP) is 2.62. The van der Waals surface area contributed by atoms with Crippen molar-refractivity contribution in [2.45, 2.75) is 39.0 Å². The first-order valence-electron chi connectivity index (χ1n) is 3.88. The number of hydrogen-bond donors (Lipinski definition) is 1. The highest BCUT2D eigenvalue weighted by Crippen LogP contribution is 2.26. The van der Waals surface area contributed by atoms with Gasteiger partial charge in [-0.3, -0.25) is 0 Å². The number of rotatable bonds is 1. The molecule has 1 fully saturated rings. The van der Waals surface area contributed by atoms with Crippen LogP contribution in [0.2, 0.25) is 0 Å². The van der Waals surface area contributed by atoms with Crippen molar-refractivity contribution in [3.05, 3.63) is 0 Å². The third kappa shape index (κ3) is 5.07. The van der Waals surface area contributed by atoms with Gasteiger partial charge < -0.3 is 5.11 Å². The molecule has 0 spiro atoms. The monoisotopic (exact) mass is 166 g/mol. The Morgan fingerprint density at radius 1 is 1.20 bits per heavy atom. The van der Waals surface area contributed by atoms with Crippen molar-refractivity contribution in [3.63, 3.8) is 0 Å². The van der Waals surface area contributed by atoms with E-state index in [4.69, 9.17) is 5.11 Å². The fourth-order valence-electron chi connectivity index (χ4n) is 1.42. The zero-order valence-electron chi connectivity index (χ0n) is 6.97. The van der Waals surface area contributed by atoms with Gasteiger partial charge in [-0.05, 0) is 5.92 Å². The maximum absolute atomic E-state index is 7.00. The normalized spacial score (nSPS) is 17.1. The maximum atomic E-state index is 7.00. The predicted molar refractivity (Wildman–Crippen MR) is 47.6 cm³/mol. The number of aliphatic hydroxyl groups excluding tert-OH is 1. The fourth-order valence-corrected chi connectivity index (χ4v) is 1.42. The minimum absolute atomic E-state index is 0. The van der Waals surface area contributed by atoms with Crippen molar-refractivity contribution in [2.75, 3.05) is 7.11 Å². The van der Waals surface area contributed by atoms with Crippen LogP contribution < -0.4 is 0 Å². The van der Waals surface area contributed by atoms with E-state index < -0.39 is 0 Å². The summed E-state index contributed by atoms with van der Waals surface area (Å²) >= 11 is 0. The van der Waals surface area contributed by atoms with Gasteiger partial charge in [0, 0.05) is 7.11 Å². The Morgan fingerprint density at radius 2 is 1.60 bits per heavy atom. The molecule has 0 bridgehead atoms. The minimum Gasteiger partial charge on any atom is -0.400 e. The highest BCUT2D eigenvalue weighted by Gasteiger charge is 2.11. The topological polar surface area (TPSA) is 20.2 Å². The molecule has 0 aromatic rings. The van der Waals surface area contributed by atoms with Crippen molar-refractivity contribution in [1.82, 2.24) is 0 Å². The lowest BCUT2D eigenvalue weighted by atomic mass is 10.1. The summed E-state index contributed by atoms with van der Waals surface area (Å²) in [5.74, 6) is 1.10. The van der Waals surface area contributed by atoms with Crippen LogP contribution in [-0.4, -0.2) is 12.2 Å². The lowest BCUT2D eigenvalue weighted by molar-refractivity contribution is 0.399. The Bertz CT molecular complexity index is 51.2. The number of hydrogen-bond acceptors (Lipinski definition) is 1. The SMILES string of the molecule is CCC1CCCC1.CO.Cl. The van der Waals surface area contributed by atoms with Crippen molar-refractivity contribution in [3.8, 4) is 0 Å². The van der Waals surface area contributed by atoms with Crippen LogP contribution in [0.25, 0.3) is 0 Å². The zero-order valence-corrected chi connectivity index (χ0v) is 7.78. The summed E-state index contributed by atoms with van der Waals surface area (Å²) in [7, 11) is 1.00. The van der Waals surface area contributed by atoms with Gasteiger partial charge >= 0.3 is 0 Å². The summed E-state index contributed by atoms with van der Waals surface area (Å²) < 4.78 is 0. The van der Waals surface area contributed by atoms with Crippen molar-refractivity contribution >= 4 is 12.4 Å². The van der Waals surface area contributed by atoms with E-state index in [2.05, 4.69) is 6.92 Å². The Labute approximate surface area is 70.2 Å². The van der Waals surface area contributed by atoms with Gasteiger partial charge in [-0.2, -0.15) is 0 Å². The third-order valence-corrected chi connectivity index (χ3v) is 2.05. The molecule has 0 amide bonds. The summed E-state index contributed by atoms with van der Waals surface area (Å²) in [5, 5.41) is 7.00. The molecule has 1 rings (SSSR count). The first-order valence-corrected chi connectivity index (χ1v) is 3.88. The fraction of sp³-hybridized carbons (Fsp3) is 1.00. The van der Waals surface area contributed by atoms with Crippen LogP contribution in [0.3, 0.4) is 0 Å². The highest BCUT2D eigenvalue weighted by atomic mass is 35.5. The smallest absolute Gasteiger partial charge is 0.0319 e. The van der Waals surface area contributed by atoms with Gasteiger partial charge in [0.1, 0.15) is 0 Å². The quantitative estimate of drug-likeness (QED) is 0.635. The van der Waals surface area contributed by atoms with Crippen LogP contribution in [0.5, 0.6) is 0 Å². The molecule has 1 N–H and O–H groups in total. The largest absolute Gasteiger partial charge is 0.400 e. The average Bonchev–Trinajstić information content (AvgIpc) is 2.43. The molecule has 0 unspecified atom stereocenters. The molecule has 1 aliphatic rings. The van der Waals surface area contributed by atoms with E-state index in [9.17, 15) is 0 Å². The van der Waals surface area contributed by atoms with Crippen LogP contribution in [-0.2, 0) is 0 Å². The van der Waals surface area contributed by atoms with Gasteiger partial charge in [-0.1, -0.05) is 39.0 Å². The van der Waals surface area contributed by atoms with Gasteiger partial charge in [0.15, 0.2) is 0 Å². The highest BCUT2D eigenvalue weighted by molar-refractivity contribution is 5.85. The molecule has 0 radical (unpaired) electrons. The number of aliphatic hydroxyl groups is 1. The standard InChI is InChI=1S/C7H14.CH4O.ClH/c1-2-7-5-3-4-6-7;1-2;/h7H,2-6H2,1H3;2H,1H3;1H. The molecule has 64 valence electrons. The second kappa shape index (κ2) is 9.25. The molecular weight excluding hydrogens is 148 g/mol. The van der Waals surface area contributed by atoms with Crippen molar-refractivity contribution in [1.29, 1.82) is 0 Å². The summed E-state index contributed by atoms with van der Waals surface area (Å²) in [4.78, 5) is 0. The maximum Gasteiger partial charge on any atom is 0.0319 e. The zero-order chi connectivity index (χ0) is 7.11. The lowest BCUT2D eigenvalue weighted by Crippen LogP contribution is -1.86. The van der Waals surface area contributed by atoms with E-state index in [0.29, 0.717) is 0 Å². The molecule has 0 saturated heterocycles.